The van der Waals surface area contributed by atoms with Crippen LogP contribution < -0.4 is 15.9 Å². The van der Waals surface area contributed by atoms with E-state index in [1.807, 2.05) is 60.4 Å². The minimum Gasteiger partial charge on any atom is -0.496 e. The van der Waals surface area contributed by atoms with Gasteiger partial charge in [0.1, 0.15) is 11.3 Å². The van der Waals surface area contributed by atoms with E-state index in [9.17, 15) is 9.59 Å². The van der Waals surface area contributed by atoms with Crippen molar-refractivity contribution in [3.8, 4) is 0 Å². The molecule has 0 atom stereocenters. The Morgan fingerprint density at radius 3 is 1.50 bits per heavy atom. The van der Waals surface area contributed by atoms with Crippen LogP contribution in [0.5, 0.6) is 0 Å². The lowest BCUT2D eigenvalue weighted by atomic mass is 10.00. The van der Waals surface area contributed by atoms with Crippen LogP contribution in [0.4, 0.5) is 0 Å². The summed E-state index contributed by atoms with van der Waals surface area (Å²) in [7, 11) is 1.49. The fourth-order valence-electron chi connectivity index (χ4n) is 3.99. The largest absolute Gasteiger partial charge is 0.496 e. The molecule has 1 aliphatic rings. The highest BCUT2D eigenvalue weighted by molar-refractivity contribution is 7.94. The Kier molecular flexibility index (Phi) is 5.90. The van der Waals surface area contributed by atoms with Gasteiger partial charge in [0.15, 0.2) is 5.60 Å². The third kappa shape index (κ3) is 3.72. The van der Waals surface area contributed by atoms with E-state index < -0.39 is 18.5 Å². The number of carbonyl (C=O) groups is 2. The van der Waals surface area contributed by atoms with Gasteiger partial charge in [0.2, 0.25) is 5.78 Å². The average Bonchev–Trinajstić information content (AvgIpc) is 3.03. The molecule has 0 N–H and O–H groups in total. The summed E-state index contributed by atoms with van der Waals surface area (Å²) in [5, 5.41) is 3.27. The normalized spacial score (nSPS) is 17.0. The van der Waals surface area contributed by atoms with E-state index in [0.717, 1.165) is 15.9 Å². The number of hydrogen-bond donors (Lipinski definition) is 0. The van der Waals surface area contributed by atoms with Gasteiger partial charge in [-0.3, -0.25) is 4.79 Å². The lowest BCUT2D eigenvalue weighted by molar-refractivity contribution is -0.147. The number of Topliss-reactive ketones (excluding diaryl/α,β-unsaturated/α-hetero) is 1. The average molecular weight is 444 g/mol. The topological polar surface area (TPSA) is 52.6 Å². The van der Waals surface area contributed by atoms with Gasteiger partial charge in [-0.25, -0.2) is 4.79 Å². The maximum atomic E-state index is 13.0. The van der Waals surface area contributed by atoms with E-state index in [4.69, 9.17) is 9.47 Å². The summed E-state index contributed by atoms with van der Waals surface area (Å²) in [5.41, 5.74) is -1.25. The first-order valence-electron chi connectivity index (χ1n) is 10.4. The molecule has 0 amide bonds. The van der Waals surface area contributed by atoms with Crippen LogP contribution in [0.3, 0.4) is 0 Å². The molecule has 0 aliphatic carbocycles. The molecule has 4 nitrogen and oxygen atoms in total. The Morgan fingerprint density at radius 2 is 1.19 bits per heavy atom. The summed E-state index contributed by atoms with van der Waals surface area (Å²) in [6.07, 6.45) is 0. The van der Waals surface area contributed by atoms with E-state index >= 15 is 0 Å². The Hall–Kier alpha value is -3.36. The minimum atomic E-state index is -2.44. The zero-order chi connectivity index (χ0) is 22.8. The first kappa shape index (κ1) is 21.9. The molecule has 32 heavy (non-hydrogen) atoms. The molecule has 4 rings (SSSR count). The van der Waals surface area contributed by atoms with Crippen molar-refractivity contribution in [2.75, 3.05) is 7.11 Å². The van der Waals surface area contributed by atoms with Crippen LogP contribution in [0.15, 0.2) is 102 Å². The summed E-state index contributed by atoms with van der Waals surface area (Å²) < 4.78 is 11.1. The molecular weight excluding hydrogens is 419 g/mol. The molecule has 0 spiro atoms. The highest BCUT2D eigenvalue weighted by Gasteiger charge is 2.47. The van der Waals surface area contributed by atoms with Crippen LogP contribution in [0, 0.1) is 0 Å². The maximum absolute atomic E-state index is 13.0. The molecule has 3 aromatic rings. The number of benzene rings is 3. The molecule has 0 unspecified atom stereocenters. The predicted molar refractivity (Wildman–Crippen MR) is 130 cm³/mol. The number of rotatable bonds is 5. The molecule has 162 valence electrons. The van der Waals surface area contributed by atoms with Crippen molar-refractivity contribution in [2.45, 2.75) is 19.4 Å². The van der Waals surface area contributed by atoms with Gasteiger partial charge in [-0.1, -0.05) is 91.0 Å². The van der Waals surface area contributed by atoms with Crippen molar-refractivity contribution in [1.82, 2.24) is 0 Å². The molecule has 1 heterocycles. The Balaban J connectivity index is 2.15. The molecule has 5 heteroatoms. The van der Waals surface area contributed by atoms with E-state index in [2.05, 4.69) is 36.4 Å². The summed E-state index contributed by atoms with van der Waals surface area (Å²) >= 11 is 0. The van der Waals surface area contributed by atoms with Crippen LogP contribution >= 0.6 is 6.89 Å². The fraction of sp³-hybridized carbons (Fsp3) is 0.148. The van der Waals surface area contributed by atoms with Crippen molar-refractivity contribution in [3.63, 3.8) is 0 Å². The number of esters is 1. The van der Waals surface area contributed by atoms with Crippen molar-refractivity contribution in [1.29, 1.82) is 0 Å². The number of cyclic esters (lactones) is 1. The van der Waals surface area contributed by atoms with Gasteiger partial charge in [0.05, 0.1) is 7.11 Å². The van der Waals surface area contributed by atoms with E-state index in [-0.39, 0.29) is 17.1 Å². The second-order valence-electron chi connectivity index (χ2n) is 8.03. The number of ether oxygens (including phenoxy) is 2. The number of methoxy groups -OCH3 is 1. The van der Waals surface area contributed by atoms with Crippen LogP contribution in [-0.2, 0) is 19.1 Å². The molecule has 1 saturated heterocycles. The molecule has 0 saturated carbocycles. The highest BCUT2D eigenvalue weighted by Crippen LogP contribution is 2.45. The van der Waals surface area contributed by atoms with Crippen LogP contribution in [0.25, 0.3) is 0 Å². The molecule has 1 fully saturated rings. The highest BCUT2D eigenvalue weighted by atomic mass is 31.2. The van der Waals surface area contributed by atoms with Crippen molar-refractivity contribution < 1.29 is 19.1 Å². The smallest absolute Gasteiger partial charge is 0.346 e. The summed E-state index contributed by atoms with van der Waals surface area (Å²) in [5.74, 6) is 1.20. The van der Waals surface area contributed by atoms with Crippen molar-refractivity contribution in [2.24, 2.45) is 0 Å². The lowest BCUT2D eigenvalue weighted by Gasteiger charge is -2.29. The second kappa shape index (κ2) is 8.64. The SMILES string of the molecule is CO/C(C=P(c1ccccc1)(c1ccccc1)c1ccccc1)=C1\C(=O)OC(C)(C)C1=O. The maximum Gasteiger partial charge on any atom is 0.346 e. The van der Waals surface area contributed by atoms with Crippen LogP contribution in [0.1, 0.15) is 13.8 Å². The van der Waals surface area contributed by atoms with Crippen molar-refractivity contribution >= 4 is 40.3 Å². The number of carbonyl (C=O) groups excluding carboxylic acids is 2. The van der Waals surface area contributed by atoms with E-state index in [1.165, 1.54) is 7.11 Å². The third-order valence-corrected chi connectivity index (χ3v) is 9.55. The lowest BCUT2D eigenvalue weighted by Crippen LogP contribution is -2.29. The van der Waals surface area contributed by atoms with E-state index in [1.54, 1.807) is 13.8 Å². The standard InChI is InChI=1S/C27H25O4P/c1-27(2)25(28)24(26(29)31-27)23(30-3)19-32(20-13-7-4-8-14-20,21-15-9-5-10-16-21)22-17-11-6-12-18-22/h4-19H,1-3H3/b24-23-. The first-order valence-corrected chi connectivity index (χ1v) is 12.2. The van der Waals surface area contributed by atoms with Gasteiger partial charge < -0.3 is 9.47 Å². The Morgan fingerprint density at radius 1 is 0.781 bits per heavy atom. The van der Waals surface area contributed by atoms with Crippen LogP contribution in [0.2, 0.25) is 0 Å². The Labute approximate surface area is 188 Å². The molecule has 0 radical (unpaired) electrons. The number of ketones is 1. The fourth-order valence-corrected chi connectivity index (χ4v) is 7.85. The minimum absolute atomic E-state index is 0.0373. The molecule has 0 aromatic heterocycles. The molecule has 3 aromatic carbocycles. The number of hydrogen-bond acceptors (Lipinski definition) is 4. The zero-order valence-electron chi connectivity index (χ0n) is 18.3. The second-order valence-corrected chi connectivity index (χ2v) is 11.3. The summed E-state index contributed by atoms with van der Waals surface area (Å²) in [4.78, 5) is 25.7. The summed E-state index contributed by atoms with van der Waals surface area (Å²) in [6, 6.07) is 30.4. The molecular formula is C27H25O4P. The van der Waals surface area contributed by atoms with Crippen molar-refractivity contribution in [3.05, 3.63) is 102 Å². The monoisotopic (exact) mass is 444 g/mol. The molecule has 0 bridgehead atoms. The Bertz CT molecular complexity index is 1120. The van der Waals surface area contributed by atoms with Gasteiger partial charge in [-0.05, 0) is 42.4 Å². The van der Waals surface area contributed by atoms with E-state index in [0.29, 0.717) is 0 Å². The van der Waals surface area contributed by atoms with Gasteiger partial charge in [0.25, 0.3) is 0 Å². The number of allylic oxidation sites excluding steroid dienone is 1. The van der Waals surface area contributed by atoms with Gasteiger partial charge in [-0.2, -0.15) is 0 Å². The summed E-state index contributed by atoms with van der Waals surface area (Å²) in [6.45, 7) is 0.756. The van der Waals surface area contributed by atoms with Gasteiger partial charge in [0, 0.05) is 0 Å². The van der Waals surface area contributed by atoms with Crippen LogP contribution in [-0.4, -0.2) is 30.3 Å². The zero-order valence-corrected chi connectivity index (χ0v) is 19.2. The van der Waals surface area contributed by atoms with Gasteiger partial charge >= 0.3 is 5.97 Å². The third-order valence-electron chi connectivity index (χ3n) is 5.59. The first-order chi connectivity index (χ1) is 15.4. The molecule has 1 aliphatic heterocycles. The quantitative estimate of drug-likeness (QED) is 0.198. The predicted octanol–water partition coefficient (Wildman–Crippen LogP) is 3.59. The van der Waals surface area contributed by atoms with Gasteiger partial charge in [-0.15, -0.1) is 0 Å².